The summed E-state index contributed by atoms with van der Waals surface area (Å²) in [4.78, 5) is 6.49. The molecule has 0 unspecified atom stereocenters. The highest BCUT2D eigenvalue weighted by Gasteiger charge is 2.01. The molecule has 0 amide bonds. The Kier molecular flexibility index (Phi) is 1.33. The molecule has 2 aromatic carbocycles. The Balaban J connectivity index is 2.26. The smallest absolute Gasteiger partial charge is 0.0460 e. The molecule has 4 aromatic rings. The molecule has 0 saturated heterocycles. The van der Waals surface area contributed by atoms with E-state index in [4.69, 9.17) is 0 Å². The van der Waals surface area contributed by atoms with E-state index in [1.54, 1.807) is 0 Å². The lowest BCUT2D eigenvalue weighted by molar-refractivity contribution is 1.48. The molecular formula is C14H10N2. The fourth-order valence-corrected chi connectivity index (χ4v) is 2.35. The second-order valence-corrected chi connectivity index (χ2v) is 4.18. The molecule has 2 heterocycles. The van der Waals surface area contributed by atoms with Crippen LogP contribution >= 0.6 is 0 Å². The van der Waals surface area contributed by atoms with Gasteiger partial charge < -0.3 is 9.97 Å². The fourth-order valence-electron chi connectivity index (χ4n) is 2.35. The summed E-state index contributed by atoms with van der Waals surface area (Å²) >= 11 is 0. The highest BCUT2D eigenvalue weighted by Crippen LogP contribution is 2.26. The number of rotatable bonds is 0. The van der Waals surface area contributed by atoms with Gasteiger partial charge in [0.25, 0.3) is 0 Å². The average Bonchev–Trinajstić information content (AvgIpc) is 2.89. The quantitative estimate of drug-likeness (QED) is 0.438. The van der Waals surface area contributed by atoms with Crippen molar-refractivity contribution in [3.8, 4) is 0 Å². The summed E-state index contributed by atoms with van der Waals surface area (Å²) in [7, 11) is 0. The zero-order valence-electron chi connectivity index (χ0n) is 8.62. The predicted molar refractivity (Wildman–Crippen MR) is 67.7 cm³/mol. The number of fused-ring (bicyclic) bond motifs is 3. The van der Waals surface area contributed by atoms with E-state index in [9.17, 15) is 0 Å². The maximum atomic E-state index is 3.25. The summed E-state index contributed by atoms with van der Waals surface area (Å²) in [5.41, 5.74) is 2.39. The van der Waals surface area contributed by atoms with Gasteiger partial charge >= 0.3 is 0 Å². The summed E-state index contributed by atoms with van der Waals surface area (Å²) in [6.45, 7) is 0. The van der Waals surface area contributed by atoms with Gasteiger partial charge in [-0.2, -0.15) is 0 Å². The normalized spacial score (nSPS) is 11.8. The third kappa shape index (κ3) is 0.959. The van der Waals surface area contributed by atoms with Crippen LogP contribution in [0.15, 0.2) is 48.8 Å². The number of hydrogen-bond donors (Lipinski definition) is 2. The first kappa shape index (κ1) is 7.99. The Labute approximate surface area is 91.9 Å². The van der Waals surface area contributed by atoms with E-state index in [1.165, 1.54) is 32.6 Å². The summed E-state index contributed by atoms with van der Waals surface area (Å²) < 4.78 is 0. The molecule has 0 saturated carbocycles. The molecule has 0 aliphatic carbocycles. The molecule has 0 aliphatic heterocycles. The second kappa shape index (κ2) is 2.67. The lowest BCUT2D eigenvalue weighted by atomic mass is 10.1. The Morgan fingerprint density at radius 1 is 0.562 bits per heavy atom. The van der Waals surface area contributed by atoms with Gasteiger partial charge in [-0.05, 0) is 57.9 Å². The molecule has 4 rings (SSSR count). The van der Waals surface area contributed by atoms with Crippen LogP contribution in [0.2, 0.25) is 0 Å². The van der Waals surface area contributed by atoms with Crippen molar-refractivity contribution in [3.05, 3.63) is 48.8 Å². The van der Waals surface area contributed by atoms with Crippen molar-refractivity contribution in [2.75, 3.05) is 0 Å². The van der Waals surface area contributed by atoms with E-state index in [0.717, 1.165) is 0 Å². The first-order chi connectivity index (χ1) is 7.90. The molecule has 76 valence electrons. The minimum absolute atomic E-state index is 1.20. The zero-order chi connectivity index (χ0) is 10.5. The molecule has 0 bridgehead atoms. The number of benzene rings is 2. The van der Waals surface area contributed by atoms with Gasteiger partial charge in [0, 0.05) is 23.4 Å². The number of aromatic nitrogens is 2. The third-order valence-corrected chi connectivity index (χ3v) is 3.18. The molecule has 0 aliphatic rings. The Hall–Kier alpha value is -2.22. The van der Waals surface area contributed by atoms with Crippen molar-refractivity contribution in [1.82, 2.24) is 9.97 Å². The number of nitrogens with one attached hydrogen (secondary N) is 2. The van der Waals surface area contributed by atoms with Crippen molar-refractivity contribution in [2.24, 2.45) is 0 Å². The van der Waals surface area contributed by atoms with Crippen molar-refractivity contribution >= 4 is 32.6 Å². The molecule has 2 heteroatoms. The van der Waals surface area contributed by atoms with E-state index in [1.807, 2.05) is 12.4 Å². The van der Waals surface area contributed by atoms with Gasteiger partial charge in [0.1, 0.15) is 0 Å². The molecule has 0 fully saturated rings. The van der Waals surface area contributed by atoms with Gasteiger partial charge in [-0.25, -0.2) is 0 Å². The fraction of sp³-hybridized carbons (Fsp3) is 0. The van der Waals surface area contributed by atoms with Crippen LogP contribution in [0.4, 0.5) is 0 Å². The molecule has 0 spiro atoms. The first-order valence-corrected chi connectivity index (χ1v) is 5.38. The van der Waals surface area contributed by atoms with E-state index in [0.29, 0.717) is 0 Å². The van der Waals surface area contributed by atoms with E-state index in [-0.39, 0.29) is 0 Å². The molecule has 2 aromatic heterocycles. The topological polar surface area (TPSA) is 31.6 Å². The molecule has 2 N–H and O–H groups in total. The molecule has 0 radical (unpaired) electrons. The Bertz CT molecular complexity index is 675. The largest absolute Gasteiger partial charge is 0.361 e. The van der Waals surface area contributed by atoms with Crippen LogP contribution in [0.3, 0.4) is 0 Å². The molecule has 16 heavy (non-hydrogen) atoms. The average molecular weight is 206 g/mol. The van der Waals surface area contributed by atoms with E-state index < -0.39 is 0 Å². The molecule has 2 nitrogen and oxygen atoms in total. The van der Waals surface area contributed by atoms with Gasteiger partial charge in [0.15, 0.2) is 0 Å². The predicted octanol–water partition coefficient (Wildman–Crippen LogP) is 3.80. The van der Waals surface area contributed by atoms with Gasteiger partial charge in [0.2, 0.25) is 0 Å². The Morgan fingerprint density at radius 3 is 1.56 bits per heavy atom. The van der Waals surface area contributed by atoms with Crippen molar-refractivity contribution < 1.29 is 0 Å². The van der Waals surface area contributed by atoms with Crippen LogP contribution < -0.4 is 0 Å². The van der Waals surface area contributed by atoms with Gasteiger partial charge in [-0.1, -0.05) is 0 Å². The van der Waals surface area contributed by atoms with Crippen molar-refractivity contribution in [3.63, 3.8) is 0 Å². The number of H-pyrrole nitrogens is 2. The minimum Gasteiger partial charge on any atom is -0.361 e. The third-order valence-electron chi connectivity index (χ3n) is 3.18. The highest BCUT2D eigenvalue weighted by molar-refractivity contribution is 6.03. The molecule has 0 atom stereocenters. The highest BCUT2D eigenvalue weighted by atomic mass is 14.7. The van der Waals surface area contributed by atoms with Crippen LogP contribution in [0.5, 0.6) is 0 Å². The zero-order valence-corrected chi connectivity index (χ0v) is 8.62. The van der Waals surface area contributed by atoms with Crippen molar-refractivity contribution in [1.29, 1.82) is 0 Å². The summed E-state index contributed by atoms with van der Waals surface area (Å²) in [6, 6.07) is 13.1. The summed E-state index contributed by atoms with van der Waals surface area (Å²) in [5, 5.41) is 5.08. The van der Waals surface area contributed by atoms with Crippen LogP contribution in [0.25, 0.3) is 32.6 Å². The standard InChI is InChI=1S/C14H10N2/c1-3-15-13-7-12-6-10-2-4-16-14(10)8-11(12)5-9(1)13/h1-8,15-16H. The van der Waals surface area contributed by atoms with Crippen LogP contribution in [-0.2, 0) is 0 Å². The van der Waals surface area contributed by atoms with Crippen LogP contribution in [0.1, 0.15) is 0 Å². The summed E-state index contributed by atoms with van der Waals surface area (Å²) in [6.07, 6.45) is 3.96. The first-order valence-electron chi connectivity index (χ1n) is 5.38. The minimum atomic E-state index is 1.20. The van der Waals surface area contributed by atoms with Crippen LogP contribution in [-0.4, -0.2) is 9.97 Å². The Morgan fingerprint density at radius 2 is 1.06 bits per heavy atom. The van der Waals surface area contributed by atoms with Crippen LogP contribution in [0, 0.1) is 0 Å². The molecular weight excluding hydrogens is 196 g/mol. The van der Waals surface area contributed by atoms with E-state index >= 15 is 0 Å². The van der Waals surface area contributed by atoms with Gasteiger partial charge in [-0.15, -0.1) is 0 Å². The maximum Gasteiger partial charge on any atom is 0.0460 e. The number of aromatic amines is 2. The second-order valence-electron chi connectivity index (χ2n) is 4.18. The van der Waals surface area contributed by atoms with E-state index in [2.05, 4.69) is 46.4 Å². The lowest BCUT2D eigenvalue weighted by Gasteiger charge is -1.99. The number of hydrogen-bond acceptors (Lipinski definition) is 0. The summed E-state index contributed by atoms with van der Waals surface area (Å²) in [5.74, 6) is 0. The lowest BCUT2D eigenvalue weighted by Crippen LogP contribution is -1.75. The van der Waals surface area contributed by atoms with Crippen molar-refractivity contribution in [2.45, 2.75) is 0 Å². The van der Waals surface area contributed by atoms with Gasteiger partial charge in [0.05, 0.1) is 0 Å². The SMILES string of the molecule is c1cc2cc3cc4[nH]ccc4cc3cc2[nH]1. The van der Waals surface area contributed by atoms with Gasteiger partial charge in [-0.3, -0.25) is 0 Å². The monoisotopic (exact) mass is 206 g/mol. The maximum absolute atomic E-state index is 3.25.